The van der Waals surface area contributed by atoms with Gasteiger partial charge in [-0.3, -0.25) is 29.2 Å². The van der Waals surface area contributed by atoms with Crippen LogP contribution >= 0.6 is 11.6 Å². The number of ether oxygens (including phenoxy) is 1. The van der Waals surface area contributed by atoms with Crippen molar-refractivity contribution in [1.82, 2.24) is 39.8 Å². The van der Waals surface area contributed by atoms with Gasteiger partial charge in [0.25, 0.3) is 5.91 Å². The molecule has 15 heteroatoms. The third kappa shape index (κ3) is 6.76. The molecular weight excluding hydrogens is 734 g/mol. The lowest BCUT2D eigenvalue weighted by Crippen LogP contribution is -2.73. The van der Waals surface area contributed by atoms with Crippen molar-refractivity contribution >= 4 is 52.1 Å². The van der Waals surface area contributed by atoms with E-state index in [-0.39, 0.29) is 40.9 Å². The van der Waals surface area contributed by atoms with Gasteiger partial charge in [-0.05, 0) is 74.1 Å². The number of imide groups is 1. The molecule has 0 saturated carbocycles. The molecule has 5 aromatic rings. The number of aromatic amines is 1. The maximum atomic E-state index is 13.4. The van der Waals surface area contributed by atoms with Gasteiger partial charge in [-0.2, -0.15) is 5.10 Å². The summed E-state index contributed by atoms with van der Waals surface area (Å²) in [4.78, 5) is 68.7. The molecule has 1 unspecified atom stereocenters. The third-order valence-electron chi connectivity index (χ3n) is 11.7. The Bertz CT molecular complexity index is 2360. The highest BCUT2D eigenvalue weighted by atomic mass is 35.5. The quantitative estimate of drug-likeness (QED) is 0.192. The Hall–Kier alpha value is -5.76. The summed E-state index contributed by atoms with van der Waals surface area (Å²) in [6.45, 7) is 6.57. The van der Waals surface area contributed by atoms with Crippen LogP contribution in [0.3, 0.4) is 0 Å². The van der Waals surface area contributed by atoms with Gasteiger partial charge in [-0.25, -0.2) is 9.97 Å². The van der Waals surface area contributed by atoms with Crippen LogP contribution in [0.25, 0.3) is 22.6 Å². The molecule has 288 valence electrons. The smallest absolute Gasteiger partial charge is 0.253 e. The molecule has 9 rings (SSSR count). The second kappa shape index (κ2) is 14.1. The zero-order valence-electron chi connectivity index (χ0n) is 31.3. The van der Waals surface area contributed by atoms with E-state index in [9.17, 15) is 19.2 Å². The van der Waals surface area contributed by atoms with Gasteiger partial charge < -0.3 is 24.4 Å². The fourth-order valence-electron chi connectivity index (χ4n) is 8.69. The van der Waals surface area contributed by atoms with Gasteiger partial charge >= 0.3 is 0 Å². The molecule has 0 bridgehead atoms. The number of halogens is 1. The Morgan fingerprint density at radius 3 is 2.48 bits per heavy atom. The van der Waals surface area contributed by atoms with Crippen molar-refractivity contribution in [3.63, 3.8) is 0 Å². The number of piperidine rings is 1. The molecule has 0 radical (unpaired) electrons. The number of benzene rings is 2. The molecule has 2 atom stereocenters. The first-order valence-electron chi connectivity index (χ1n) is 19.1. The van der Waals surface area contributed by atoms with Crippen LogP contribution in [0.4, 0.5) is 5.69 Å². The summed E-state index contributed by atoms with van der Waals surface area (Å²) in [6, 6.07) is 15.1. The molecule has 7 heterocycles. The number of hydrogen-bond acceptors (Lipinski definition) is 9. The molecule has 4 aliphatic heterocycles. The van der Waals surface area contributed by atoms with Crippen molar-refractivity contribution in [1.29, 1.82) is 0 Å². The number of carbonyl (C=O) groups is 4. The average molecular weight is 776 g/mol. The van der Waals surface area contributed by atoms with E-state index in [1.807, 2.05) is 54.2 Å². The van der Waals surface area contributed by atoms with Crippen LogP contribution in [0.5, 0.6) is 11.5 Å². The summed E-state index contributed by atoms with van der Waals surface area (Å²) in [5.74, 6) is 1.26. The van der Waals surface area contributed by atoms with Crippen molar-refractivity contribution in [2.24, 2.45) is 18.4 Å². The summed E-state index contributed by atoms with van der Waals surface area (Å²) in [5.41, 5.74) is 5.47. The number of anilines is 1. The predicted molar refractivity (Wildman–Crippen MR) is 208 cm³/mol. The zero-order chi connectivity index (χ0) is 38.7. The van der Waals surface area contributed by atoms with Gasteiger partial charge in [0, 0.05) is 82.0 Å². The largest absolute Gasteiger partial charge is 0.453 e. The van der Waals surface area contributed by atoms with E-state index in [2.05, 4.69) is 30.3 Å². The van der Waals surface area contributed by atoms with Gasteiger partial charge in [0.15, 0.2) is 11.4 Å². The number of fused-ring (bicyclic) bond motifs is 1. The lowest BCUT2D eigenvalue weighted by atomic mass is 9.72. The van der Waals surface area contributed by atoms with E-state index < -0.39 is 0 Å². The topological polar surface area (TPSA) is 159 Å². The zero-order valence-corrected chi connectivity index (χ0v) is 32.0. The Morgan fingerprint density at radius 1 is 1.00 bits per heavy atom. The maximum Gasteiger partial charge on any atom is 0.253 e. The number of rotatable bonds is 9. The number of pyridine rings is 1. The highest BCUT2D eigenvalue weighted by molar-refractivity contribution is 6.32. The maximum absolute atomic E-state index is 13.4. The Morgan fingerprint density at radius 2 is 1.77 bits per heavy atom. The molecule has 14 nitrogen and oxygen atoms in total. The Kier molecular flexibility index (Phi) is 9.02. The number of likely N-dealkylation sites (tertiary alicyclic amines) is 2. The normalized spacial score (nSPS) is 20.3. The van der Waals surface area contributed by atoms with Crippen molar-refractivity contribution < 1.29 is 23.9 Å². The van der Waals surface area contributed by atoms with Crippen LogP contribution in [0.15, 0.2) is 60.9 Å². The minimum atomic E-state index is -0.282. The van der Waals surface area contributed by atoms with Crippen molar-refractivity contribution in [2.45, 2.75) is 44.9 Å². The summed E-state index contributed by atoms with van der Waals surface area (Å²) in [6.07, 6.45) is 6.43. The Labute approximate surface area is 328 Å². The van der Waals surface area contributed by atoms with Crippen molar-refractivity contribution in [2.75, 3.05) is 44.2 Å². The van der Waals surface area contributed by atoms with Crippen molar-refractivity contribution in [3.05, 3.63) is 82.8 Å². The second-order valence-corrected chi connectivity index (χ2v) is 16.2. The number of aromatic nitrogens is 5. The lowest BCUT2D eigenvalue weighted by molar-refractivity contribution is -0.145. The van der Waals surface area contributed by atoms with Crippen LogP contribution in [-0.2, 0) is 21.4 Å². The van der Waals surface area contributed by atoms with Gasteiger partial charge in [0.05, 0.1) is 23.4 Å². The number of aryl methyl sites for hydroxylation is 2. The molecule has 2 aromatic carbocycles. The van der Waals surface area contributed by atoms with Crippen LogP contribution < -0.4 is 15.0 Å². The van der Waals surface area contributed by atoms with Gasteiger partial charge in [-0.15, -0.1) is 0 Å². The molecule has 3 aromatic heterocycles. The number of H-pyrrole nitrogens is 1. The van der Waals surface area contributed by atoms with Crippen molar-refractivity contribution in [3.8, 4) is 22.9 Å². The summed E-state index contributed by atoms with van der Waals surface area (Å²) in [7, 11) is 1.85. The standard InChI is InChI=1S/C41H42ClN9O5/c1-24-31(19-48(2)47-24)37-45-35-36(32(42)17-43-38(35)46-37)56-29-10-6-27(7-11-29)40(55)49-16-15-25(18-49)3-14-34(53)51-22-41(23-51)20-50(21-41)28-8-4-26(5-9-28)30-12-13-33(52)44-39(30)54/h4-11,17,19,25,30H,3,12-16,18,20-23H2,1-2H3,(H,43,45,46)(H,44,52,54)/t25?,30-/m0/s1. The number of nitrogens with zero attached hydrogens (tertiary/aromatic N) is 7. The highest BCUT2D eigenvalue weighted by Gasteiger charge is 2.53. The van der Waals surface area contributed by atoms with E-state index in [0.717, 1.165) is 61.5 Å². The first-order valence-corrected chi connectivity index (χ1v) is 19.5. The average Bonchev–Trinajstić information content (AvgIpc) is 3.89. The first kappa shape index (κ1) is 35.9. The molecule has 1 spiro atoms. The van der Waals surface area contributed by atoms with Crippen LogP contribution in [-0.4, -0.2) is 97.4 Å². The monoisotopic (exact) mass is 775 g/mol. The minimum Gasteiger partial charge on any atom is -0.453 e. The molecule has 4 amide bonds. The number of carbonyl (C=O) groups excluding carboxylic acids is 4. The predicted octanol–water partition coefficient (Wildman–Crippen LogP) is 5.22. The molecule has 4 saturated heterocycles. The summed E-state index contributed by atoms with van der Waals surface area (Å²) < 4.78 is 7.93. The van der Waals surface area contributed by atoms with E-state index in [0.29, 0.717) is 71.4 Å². The number of imidazole rings is 1. The Balaban J connectivity index is 0.729. The fourth-order valence-corrected chi connectivity index (χ4v) is 8.87. The summed E-state index contributed by atoms with van der Waals surface area (Å²) in [5, 5.41) is 7.16. The van der Waals surface area contributed by atoms with Crippen LogP contribution in [0.1, 0.15) is 59.6 Å². The summed E-state index contributed by atoms with van der Waals surface area (Å²) >= 11 is 6.52. The first-order chi connectivity index (χ1) is 27.0. The molecule has 2 N–H and O–H groups in total. The van der Waals surface area contributed by atoms with Crippen LogP contribution in [0, 0.1) is 18.3 Å². The van der Waals surface area contributed by atoms with Gasteiger partial charge in [0.2, 0.25) is 17.7 Å². The molecule has 4 aliphatic rings. The molecular formula is C41H42ClN9O5. The number of nitrogens with one attached hydrogen (secondary N) is 2. The van der Waals surface area contributed by atoms with E-state index in [1.165, 1.54) is 6.20 Å². The third-order valence-corrected chi connectivity index (χ3v) is 12.0. The van der Waals surface area contributed by atoms with E-state index >= 15 is 0 Å². The number of amides is 4. The van der Waals surface area contributed by atoms with Gasteiger partial charge in [0.1, 0.15) is 22.1 Å². The van der Waals surface area contributed by atoms with Crippen LogP contribution in [0.2, 0.25) is 5.02 Å². The highest BCUT2D eigenvalue weighted by Crippen LogP contribution is 2.43. The lowest BCUT2D eigenvalue weighted by Gasteiger charge is -2.61. The van der Waals surface area contributed by atoms with E-state index in [1.54, 1.807) is 28.9 Å². The number of hydrogen-bond donors (Lipinski definition) is 2. The van der Waals surface area contributed by atoms with E-state index in [4.69, 9.17) is 16.3 Å². The molecule has 0 aliphatic carbocycles. The second-order valence-electron chi connectivity index (χ2n) is 15.8. The molecule has 56 heavy (non-hydrogen) atoms. The van der Waals surface area contributed by atoms with Gasteiger partial charge in [-0.1, -0.05) is 23.7 Å². The SMILES string of the molecule is Cc1nn(C)cc1-c1nc2ncc(Cl)c(Oc3ccc(C(=O)N4CCC(CCC(=O)N5CC6(C5)CN(c5ccc([C@@H]7CCC(=O)NC7=O)cc5)C6)C4)cc3)c2[nH]1. The minimum absolute atomic E-state index is 0.0374. The molecule has 4 fully saturated rings. The fraction of sp³-hybridized carbons (Fsp3) is 0.390.